The number of carbonyl (C=O) groups excluding carboxylic acids is 1. The average molecular weight is 355 g/mol. The zero-order valence-electron chi connectivity index (χ0n) is 11.6. The number of anilines is 1. The predicted octanol–water partition coefficient (Wildman–Crippen LogP) is 0.234. The van der Waals surface area contributed by atoms with Crippen molar-refractivity contribution in [2.75, 3.05) is 4.72 Å². The number of hydrogen-bond donors (Lipinski definition) is 3. The molecule has 0 spiro atoms. The van der Waals surface area contributed by atoms with E-state index < -0.39 is 26.0 Å². The minimum atomic E-state index is -4.02. The molecule has 0 saturated carbocycles. The molecule has 0 bridgehead atoms. The average Bonchev–Trinajstić information content (AvgIpc) is 2.46. The summed E-state index contributed by atoms with van der Waals surface area (Å²) in [5, 5.41) is 4.98. The van der Waals surface area contributed by atoms with Crippen molar-refractivity contribution in [1.82, 2.24) is 0 Å². The summed E-state index contributed by atoms with van der Waals surface area (Å²) < 4.78 is 49.4. The number of nitrogens with one attached hydrogen (secondary N) is 1. The summed E-state index contributed by atoms with van der Waals surface area (Å²) in [6.45, 7) is 0. The Morgan fingerprint density at radius 2 is 1.48 bits per heavy atom. The van der Waals surface area contributed by atoms with Crippen molar-refractivity contribution in [2.24, 2.45) is 10.9 Å². The third-order valence-corrected chi connectivity index (χ3v) is 5.16. The summed E-state index contributed by atoms with van der Waals surface area (Å²) in [6, 6.07) is 10.1. The van der Waals surface area contributed by atoms with E-state index in [9.17, 15) is 21.6 Å². The number of rotatable bonds is 5. The van der Waals surface area contributed by atoms with Crippen molar-refractivity contribution in [2.45, 2.75) is 9.79 Å². The van der Waals surface area contributed by atoms with E-state index in [1.807, 2.05) is 0 Å². The van der Waals surface area contributed by atoms with Crippen LogP contribution in [0.4, 0.5) is 5.69 Å². The number of amides is 1. The van der Waals surface area contributed by atoms with Gasteiger partial charge >= 0.3 is 0 Å². The monoisotopic (exact) mass is 355 g/mol. The molecule has 0 saturated heterocycles. The second-order valence-corrected chi connectivity index (χ2v) is 7.81. The van der Waals surface area contributed by atoms with Crippen LogP contribution in [0.15, 0.2) is 58.3 Å². The number of primary sulfonamides is 1. The van der Waals surface area contributed by atoms with E-state index in [1.165, 1.54) is 42.5 Å². The molecule has 0 unspecified atom stereocenters. The SMILES string of the molecule is NC(=O)c1ccc(NS(=O)(=O)c2cccc(S(N)(=O)=O)c2)cc1. The van der Waals surface area contributed by atoms with Gasteiger partial charge in [-0.1, -0.05) is 6.07 Å². The molecule has 0 aromatic heterocycles. The molecule has 122 valence electrons. The molecule has 0 fully saturated rings. The normalized spacial score (nSPS) is 11.9. The van der Waals surface area contributed by atoms with Gasteiger partial charge < -0.3 is 5.73 Å². The number of carbonyl (C=O) groups is 1. The second kappa shape index (κ2) is 5.99. The van der Waals surface area contributed by atoms with Crippen LogP contribution in [-0.2, 0) is 20.0 Å². The summed E-state index contributed by atoms with van der Waals surface area (Å²) in [6.07, 6.45) is 0. The Bertz CT molecular complexity index is 951. The van der Waals surface area contributed by atoms with Crippen LogP contribution < -0.4 is 15.6 Å². The molecule has 8 nitrogen and oxygen atoms in total. The summed E-state index contributed by atoms with van der Waals surface area (Å²) in [4.78, 5) is 10.4. The maximum atomic E-state index is 12.3. The Hall–Kier alpha value is -2.43. The highest BCUT2D eigenvalue weighted by molar-refractivity contribution is 7.93. The molecule has 23 heavy (non-hydrogen) atoms. The highest BCUT2D eigenvalue weighted by atomic mass is 32.2. The van der Waals surface area contributed by atoms with E-state index in [2.05, 4.69) is 4.72 Å². The molecule has 0 aliphatic heterocycles. The second-order valence-electron chi connectivity index (χ2n) is 4.57. The van der Waals surface area contributed by atoms with Crippen LogP contribution in [0.3, 0.4) is 0 Å². The molecule has 0 aliphatic carbocycles. The van der Waals surface area contributed by atoms with Gasteiger partial charge in [-0.2, -0.15) is 0 Å². The van der Waals surface area contributed by atoms with Crippen LogP contribution in [0.1, 0.15) is 10.4 Å². The van der Waals surface area contributed by atoms with Crippen LogP contribution in [0.2, 0.25) is 0 Å². The largest absolute Gasteiger partial charge is 0.366 e. The Morgan fingerprint density at radius 3 is 2.00 bits per heavy atom. The van der Waals surface area contributed by atoms with Gasteiger partial charge in [0, 0.05) is 11.3 Å². The van der Waals surface area contributed by atoms with Crippen molar-refractivity contribution in [3.8, 4) is 0 Å². The van der Waals surface area contributed by atoms with Gasteiger partial charge in [0.25, 0.3) is 10.0 Å². The van der Waals surface area contributed by atoms with E-state index in [1.54, 1.807) is 0 Å². The van der Waals surface area contributed by atoms with Crippen molar-refractivity contribution in [1.29, 1.82) is 0 Å². The smallest absolute Gasteiger partial charge is 0.261 e. The minimum Gasteiger partial charge on any atom is -0.366 e. The fourth-order valence-corrected chi connectivity index (χ4v) is 3.47. The van der Waals surface area contributed by atoms with Crippen molar-refractivity contribution in [3.05, 3.63) is 54.1 Å². The van der Waals surface area contributed by atoms with Gasteiger partial charge in [0.15, 0.2) is 0 Å². The number of hydrogen-bond acceptors (Lipinski definition) is 5. The van der Waals surface area contributed by atoms with Crippen LogP contribution in [0.25, 0.3) is 0 Å². The highest BCUT2D eigenvalue weighted by Crippen LogP contribution is 2.19. The first-order valence-corrected chi connectivity index (χ1v) is 9.18. The van der Waals surface area contributed by atoms with Gasteiger partial charge in [-0.05, 0) is 42.5 Å². The zero-order chi connectivity index (χ0) is 17.3. The van der Waals surface area contributed by atoms with Gasteiger partial charge in [-0.15, -0.1) is 0 Å². The van der Waals surface area contributed by atoms with Gasteiger partial charge in [0.2, 0.25) is 15.9 Å². The van der Waals surface area contributed by atoms with Gasteiger partial charge in [0.05, 0.1) is 9.79 Å². The third-order valence-electron chi connectivity index (χ3n) is 2.87. The molecule has 0 aliphatic rings. The first kappa shape index (κ1) is 16.9. The van der Waals surface area contributed by atoms with Crippen LogP contribution in [0, 0.1) is 0 Å². The zero-order valence-corrected chi connectivity index (χ0v) is 13.3. The Labute approximate surface area is 133 Å². The summed E-state index contributed by atoms with van der Waals surface area (Å²) in [7, 11) is -8.03. The Balaban J connectivity index is 2.34. The molecule has 2 aromatic rings. The summed E-state index contributed by atoms with van der Waals surface area (Å²) in [5.74, 6) is -0.639. The van der Waals surface area contributed by atoms with E-state index in [4.69, 9.17) is 10.9 Å². The lowest BCUT2D eigenvalue weighted by molar-refractivity contribution is 0.100. The molecule has 0 heterocycles. The van der Waals surface area contributed by atoms with Crippen LogP contribution in [-0.4, -0.2) is 22.7 Å². The van der Waals surface area contributed by atoms with Crippen LogP contribution >= 0.6 is 0 Å². The van der Waals surface area contributed by atoms with E-state index in [-0.39, 0.29) is 21.0 Å². The molecular formula is C13H13N3O5S2. The van der Waals surface area contributed by atoms with Gasteiger partial charge in [-0.25, -0.2) is 22.0 Å². The lowest BCUT2D eigenvalue weighted by Gasteiger charge is -2.09. The van der Waals surface area contributed by atoms with E-state index in [0.29, 0.717) is 0 Å². The maximum absolute atomic E-state index is 12.3. The fourth-order valence-electron chi connectivity index (χ4n) is 1.73. The Morgan fingerprint density at radius 1 is 0.913 bits per heavy atom. The first-order valence-electron chi connectivity index (χ1n) is 6.15. The molecule has 2 aromatic carbocycles. The summed E-state index contributed by atoms with van der Waals surface area (Å²) in [5.41, 5.74) is 5.51. The maximum Gasteiger partial charge on any atom is 0.261 e. The highest BCUT2D eigenvalue weighted by Gasteiger charge is 2.17. The third kappa shape index (κ3) is 4.06. The summed E-state index contributed by atoms with van der Waals surface area (Å²) >= 11 is 0. The van der Waals surface area contributed by atoms with Gasteiger partial charge in [0.1, 0.15) is 0 Å². The predicted molar refractivity (Wildman–Crippen MR) is 83.6 cm³/mol. The fraction of sp³-hybridized carbons (Fsp3) is 0. The lowest BCUT2D eigenvalue weighted by Crippen LogP contribution is -2.16. The molecule has 5 N–H and O–H groups in total. The molecular weight excluding hydrogens is 342 g/mol. The lowest BCUT2D eigenvalue weighted by atomic mass is 10.2. The number of sulfonamides is 2. The standard InChI is InChI=1S/C13H13N3O5S2/c14-13(17)9-4-6-10(7-5-9)16-23(20,21)12-3-1-2-11(8-12)22(15,18)19/h1-8,16H,(H2,14,17)(H2,15,18,19). The van der Waals surface area contributed by atoms with Gasteiger partial charge in [-0.3, -0.25) is 9.52 Å². The number of nitrogens with two attached hydrogens (primary N) is 2. The molecule has 1 amide bonds. The first-order chi connectivity index (χ1) is 10.6. The quantitative estimate of drug-likeness (QED) is 0.702. The van der Waals surface area contributed by atoms with Crippen molar-refractivity contribution < 1.29 is 21.6 Å². The number of benzene rings is 2. The van der Waals surface area contributed by atoms with Crippen molar-refractivity contribution >= 4 is 31.6 Å². The van der Waals surface area contributed by atoms with Crippen molar-refractivity contribution in [3.63, 3.8) is 0 Å². The van der Waals surface area contributed by atoms with E-state index in [0.717, 1.165) is 6.07 Å². The molecule has 0 atom stereocenters. The van der Waals surface area contributed by atoms with Crippen LogP contribution in [0.5, 0.6) is 0 Å². The molecule has 0 radical (unpaired) electrons. The topological polar surface area (TPSA) is 149 Å². The Kier molecular flexibility index (Phi) is 4.41. The minimum absolute atomic E-state index is 0.191. The number of primary amides is 1. The molecule has 10 heteroatoms. The molecule has 2 rings (SSSR count). The van der Waals surface area contributed by atoms with E-state index >= 15 is 0 Å².